The van der Waals surface area contributed by atoms with Gasteiger partial charge in [-0.2, -0.15) is 0 Å². The third-order valence-corrected chi connectivity index (χ3v) is 4.38. The first-order valence-electron chi connectivity index (χ1n) is 6.63. The Morgan fingerprint density at radius 1 is 1.39 bits per heavy atom. The number of halogens is 2. The Bertz CT molecular complexity index is 397. The van der Waals surface area contributed by atoms with E-state index < -0.39 is 0 Å². The van der Waals surface area contributed by atoms with Crippen LogP contribution in [-0.4, -0.2) is 30.6 Å². The third kappa shape index (κ3) is 3.87. The average molecular weight is 332 g/mol. The van der Waals surface area contributed by atoms with Crippen LogP contribution in [0.2, 0.25) is 5.02 Å². The zero-order valence-electron chi connectivity index (χ0n) is 10.8. The van der Waals surface area contributed by atoms with Crippen molar-refractivity contribution in [2.24, 2.45) is 0 Å². The number of nitrogens with zero attached hydrogens (tertiary/aromatic N) is 1. The number of benzene rings is 1. The van der Waals surface area contributed by atoms with E-state index in [4.69, 9.17) is 11.6 Å². The van der Waals surface area contributed by atoms with Crippen molar-refractivity contribution in [3.8, 4) is 0 Å². The molecular weight excluding hydrogens is 312 g/mol. The molecule has 1 N–H and O–H groups in total. The summed E-state index contributed by atoms with van der Waals surface area (Å²) in [6.45, 7) is 5.80. The van der Waals surface area contributed by atoms with Crippen LogP contribution in [0.25, 0.3) is 0 Å². The van der Waals surface area contributed by atoms with Crippen LogP contribution in [0, 0.1) is 0 Å². The van der Waals surface area contributed by atoms with Gasteiger partial charge < -0.3 is 10.2 Å². The molecule has 1 aromatic rings. The van der Waals surface area contributed by atoms with Crippen molar-refractivity contribution in [1.82, 2.24) is 4.90 Å². The Morgan fingerprint density at radius 3 is 3.00 bits per heavy atom. The molecule has 1 unspecified atom stereocenters. The molecule has 1 fully saturated rings. The number of hydrogen-bond acceptors (Lipinski definition) is 2. The van der Waals surface area contributed by atoms with E-state index in [2.05, 4.69) is 39.1 Å². The van der Waals surface area contributed by atoms with E-state index in [9.17, 15) is 0 Å². The minimum Gasteiger partial charge on any atom is -0.381 e. The standard InChI is InChI=1S/C14H20BrClN2/c1-2-18-8-3-4-12(7-9-18)17-14-10-11(15)5-6-13(14)16/h5-6,10,12,17H,2-4,7-9H2,1H3. The summed E-state index contributed by atoms with van der Waals surface area (Å²) < 4.78 is 1.07. The Balaban J connectivity index is 1.98. The predicted octanol–water partition coefficient (Wildman–Crippen LogP) is 4.39. The molecule has 18 heavy (non-hydrogen) atoms. The van der Waals surface area contributed by atoms with E-state index >= 15 is 0 Å². The van der Waals surface area contributed by atoms with Crippen LogP contribution < -0.4 is 5.32 Å². The molecule has 1 aliphatic rings. The molecule has 1 atom stereocenters. The Hall–Kier alpha value is -0.250. The van der Waals surface area contributed by atoms with Crippen molar-refractivity contribution in [3.63, 3.8) is 0 Å². The summed E-state index contributed by atoms with van der Waals surface area (Å²) in [6.07, 6.45) is 3.67. The van der Waals surface area contributed by atoms with Gasteiger partial charge in [-0.3, -0.25) is 0 Å². The number of anilines is 1. The maximum absolute atomic E-state index is 6.22. The smallest absolute Gasteiger partial charge is 0.0638 e. The minimum absolute atomic E-state index is 0.536. The zero-order chi connectivity index (χ0) is 13.0. The summed E-state index contributed by atoms with van der Waals surface area (Å²) in [7, 11) is 0. The molecule has 100 valence electrons. The van der Waals surface area contributed by atoms with E-state index in [0.717, 1.165) is 21.7 Å². The number of likely N-dealkylation sites (tertiary alicyclic amines) is 1. The van der Waals surface area contributed by atoms with Crippen LogP contribution in [0.15, 0.2) is 22.7 Å². The van der Waals surface area contributed by atoms with Gasteiger partial charge in [-0.15, -0.1) is 0 Å². The zero-order valence-corrected chi connectivity index (χ0v) is 13.1. The van der Waals surface area contributed by atoms with E-state index in [1.165, 1.54) is 32.4 Å². The molecular formula is C14H20BrClN2. The second-order valence-corrected chi connectivity index (χ2v) is 6.15. The summed E-state index contributed by atoms with van der Waals surface area (Å²) >= 11 is 9.71. The maximum Gasteiger partial charge on any atom is 0.0638 e. The molecule has 0 spiro atoms. The quantitative estimate of drug-likeness (QED) is 0.883. The first kappa shape index (κ1) is 14.2. The topological polar surface area (TPSA) is 15.3 Å². The van der Waals surface area contributed by atoms with Gasteiger partial charge in [-0.1, -0.05) is 34.5 Å². The number of nitrogens with one attached hydrogen (secondary N) is 1. The lowest BCUT2D eigenvalue weighted by Gasteiger charge is -2.20. The molecule has 0 saturated carbocycles. The highest BCUT2D eigenvalue weighted by molar-refractivity contribution is 9.10. The van der Waals surface area contributed by atoms with Crippen molar-refractivity contribution in [2.45, 2.75) is 32.2 Å². The van der Waals surface area contributed by atoms with E-state index in [0.29, 0.717) is 6.04 Å². The Morgan fingerprint density at radius 2 is 2.22 bits per heavy atom. The van der Waals surface area contributed by atoms with E-state index in [1.807, 2.05) is 12.1 Å². The van der Waals surface area contributed by atoms with E-state index in [-0.39, 0.29) is 0 Å². The van der Waals surface area contributed by atoms with Crippen molar-refractivity contribution in [2.75, 3.05) is 25.0 Å². The molecule has 1 saturated heterocycles. The van der Waals surface area contributed by atoms with Gasteiger partial charge >= 0.3 is 0 Å². The lowest BCUT2D eigenvalue weighted by atomic mass is 10.1. The first-order chi connectivity index (χ1) is 8.69. The highest BCUT2D eigenvalue weighted by Crippen LogP contribution is 2.27. The van der Waals surface area contributed by atoms with Gasteiger partial charge in [0, 0.05) is 17.1 Å². The molecule has 2 rings (SSSR count). The van der Waals surface area contributed by atoms with Crippen LogP contribution in [0.1, 0.15) is 26.2 Å². The van der Waals surface area contributed by atoms with Gasteiger partial charge in [-0.05, 0) is 50.6 Å². The molecule has 0 bridgehead atoms. The molecule has 4 heteroatoms. The summed E-state index contributed by atoms with van der Waals surface area (Å²) in [5.74, 6) is 0. The maximum atomic E-state index is 6.22. The van der Waals surface area contributed by atoms with Crippen molar-refractivity contribution in [1.29, 1.82) is 0 Å². The van der Waals surface area contributed by atoms with Gasteiger partial charge in [0.15, 0.2) is 0 Å². The predicted molar refractivity (Wildman–Crippen MR) is 82.5 cm³/mol. The second kappa shape index (κ2) is 6.78. The molecule has 0 radical (unpaired) electrons. The fraction of sp³-hybridized carbons (Fsp3) is 0.571. The second-order valence-electron chi connectivity index (χ2n) is 4.83. The van der Waals surface area contributed by atoms with E-state index in [1.54, 1.807) is 0 Å². The largest absolute Gasteiger partial charge is 0.381 e. The van der Waals surface area contributed by atoms with Gasteiger partial charge in [0.1, 0.15) is 0 Å². The Labute approximate surface area is 123 Å². The van der Waals surface area contributed by atoms with Crippen LogP contribution in [0.4, 0.5) is 5.69 Å². The van der Waals surface area contributed by atoms with Crippen molar-refractivity contribution in [3.05, 3.63) is 27.7 Å². The normalized spacial score (nSPS) is 21.6. The van der Waals surface area contributed by atoms with Crippen LogP contribution in [0.3, 0.4) is 0 Å². The SMILES string of the molecule is CCN1CCCC(Nc2cc(Br)ccc2Cl)CC1. The number of rotatable bonds is 3. The molecule has 1 heterocycles. The third-order valence-electron chi connectivity index (χ3n) is 3.56. The highest BCUT2D eigenvalue weighted by Gasteiger charge is 2.16. The fourth-order valence-electron chi connectivity index (χ4n) is 2.44. The minimum atomic E-state index is 0.536. The van der Waals surface area contributed by atoms with Crippen LogP contribution >= 0.6 is 27.5 Å². The van der Waals surface area contributed by atoms with Gasteiger partial charge in [-0.25, -0.2) is 0 Å². The lowest BCUT2D eigenvalue weighted by Crippen LogP contribution is -2.26. The lowest BCUT2D eigenvalue weighted by molar-refractivity contribution is 0.300. The summed E-state index contributed by atoms with van der Waals surface area (Å²) in [6, 6.07) is 6.50. The summed E-state index contributed by atoms with van der Waals surface area (Å²) in [5, 5.41) is 4.39. The molecule has 0 amide bonds. The molecule has 0 aromatic heterocycles. The fourth-order valence-corrected chi connectivity index (χ4v) is 2.98. The highest BCUT2D eigenvalue weighted by atomic mass is 79.9. The number of hydrogen-bond donors (Lipinski definition) is 1. The summed E-state index contributed by atoms with van der Waals surface area (Å²) in [4.78, 5) is 2.52. The first-order valence-corrected chi connectivity index (χ1v) is 7.80. The molecule has 2 nitrogen and oxygen atoms in total. The summed E-state index contributed by atoms with van der Waals surface area (Å²) in [5.41, 5.74) is 1.04. The molecule has 0 aliphatic carbocycles. The Kier molecular flexibility index (Phi) is 5.34. The van der Waals surface area contributed by atoms with Crippen LogP contribution in [0.5, 0.6) is 0 Å². The van der Waals surface area contributed by atoms with Crippen molar-refractivity contribution < 1.29 is 0 Å². The monoisotopic (exact) mass is 330 g/mol. The van der Waals surface area contributed by atoms with Gasteiger partial charge in [0.25, 0.3) is 0 Å². The molecule has 1 aliphatic heterocycles. The van der Waals surface area contributed by atoms with Gasteiger partial charge in [0.05, 0.1) is 10.7 Å². The van der Waals surface area contributed by atoms with Crippen LogP contribution in [-0.2, 0) is 0 Å². The van der Waals surface area contributed by atoms with Crippen molar-refractivity contribution >= 4 is 33.2 Å². The molecule has 1 aromatic carbocycles. The average Bonchev–Trinajstić information content (AvgIpc) is 2.59. The van der Waals surface area contributed by atoms with Gasteiger partial charge in [0.2, 0.25) is 0 Å².